The number of imidazole rings is 1. The third-order valence-electron chi connectivity index (χ3n) is 3.27. The monoisotopic (exact) mass is 259 g/mol. The second-order valence-electron chi connectivity index (χ2n) is 4.77. The molecule has 0 aliphatic carbocycles. The molecule has 1 aromatic heterocycles. The molecule has 0 bridgehead atoms. The lowest BCUT2D eigenvalue weighted by Crippen LogP contribution is -2.29. The molecule has 1 aliphatic heterocycles. The van der Waals surface area contributed by atoms with Gasteiger partial charge in [0.15, 0.2) is 0 Å². The van der Waals surface area contributed by atoms with Crippen LogP contribution in [0.1, 0.15) is 5.82 Å². The quantitative estimate of drug-likeness (QED) is 0.861. The Balaban J connectivity index is 1.59. The first-order valence-corrected chi connectivity index (χ1v) is 6.41. The maximum absolute atomic E-state index is 10.1. The molecule has 5 heteroatoms. The van der Waals surface area contributed by atoms with Gasteiger partial charge in [0, 0.05) is 25.5 Å². The van der Waals surface area contributed by atoms with Crippen molar-refractivity contribution in [3.05, 3.63) is 48.5 Å². The number of hydrogen-bond acceptors (Lipinski definition) is 4. The number of aliphatic hydroxyl groups excluding tert-OH is 1. The number of aromatic nitrogens is 2. The van der Waals surface area contributed by atoms with Crippen LogP contribution in [0, 0.1) is 0 Å². The van der Waals surface area contributed by atoms with Gasteiger partial charge in [-0.25, -0.2) is 4.98 Å². The molecule has 2 heterocycles. The molecule has 1 fully saturated rings. The topological polar surface area (TPSA) is 61.4 Å². The lowest BCUT2D eigenvalue weighted by Gasteiger charge is -2.16. The van der Waals surface area contributed by atoms with Gasteiger partial charge in [-0.3, -0.25) is 4.90 Å². The van der Waals surface area contributed by atoms with Gasteiger partial charge in [0.25, 0.3) is 0 Å². The first-order valence-electron chi connectivity index (χ1n) is 6.41. The number of ether oxygens (including phenoxy) is 1. The Morgan fingerprint density at radius 2 is 2.16 bits per heavy atom. The highest BCUT2D eigenvalue weighted by Crippen LogP contribution is 2.19. The minimum atomic E-state index is -0.463. The summed E-state index contributed by atoms with van der Waals surface area (Å²) in [6.07, 6.45) is 2.90. The van der Waals surface area contributed by atoms with E-state index in [0.29, 0.717) is 19.6 Å². The van der Waals surface area contributed by atoms with E-state index < -0.39 is 6.10 Å². The van der Waals surface area contributed by atoms with Crippen molar-refractivity contribution in [2.75, 3.05) is 13.1 Å². The van der Waals surface area contributed by atoms with Crippen molar-refractivity contribution >= 4 is 0 Å². The molecular weight excluding hydrogens is 242 g/mol. The molecule has 2 atom stereocenters. The third kappa shape index (κ3) is 2.94. The molecule has 1 saturated heterocycles. The summed E-state index contributed by atoms with van der Waals surface area (Å²) in [4.78, 5) is 9.40. The normalized spacial score (nSPS) is 23.6. The maximum Gasteiger partial charge on any atom is 0.138 e. The molecule has 0 amide bonds. The number of rotatable bonds is 4. The molecule has 0 unspecified atom stereocenters. The van der Waals surface area contributed by atoms with E-state index in [1.165, 1.54) is 0 Å². The van der Waals surface area contributed by atoms with E-state index in [1.807, 2.05) is 30.3 Å². The molecular formula is C14H17N3O2. The van der Waals surface area contributed by atoms with Crippen LogP contribution in [0.5, 0.6) is 5.75 Å². The molecule has 19 heavy (non-hydrogen) atoms. The van der Waals surface area contributed by atoms with Crippen molar-refractivity contribution in [3.8, 4) is 5.75 Å². The van der Waals surface area contributed by atoms with Gasteiger partial charge in [0.2, 0.25) is 0 Å². The van der Waals surface area contributed by atoms with Gasteiger partial charge in [0.05, 0.1) is 6.54 Å². The Morgan fingerprint density at radius 1 is 1.32 bits per heavy atom. The fraction of sp³-hybridized carbons (Fsp3) is 0.357. The Bertz CT molecular complexity index is 501. The van der Waals surface area contributed by atoms with Gasteiger partial charge < -0.3 is 14.8 Å². The zero-order valence-electron chi connectivity index (χ0n) is 10.6. The molecule has 2 aromatic rings. The predicted octanol–water partition coefficient (Wildman–Crippen LogP) is 1.03. The molecule has 0 spiro atoms. The van der Waals surface area contributed by atoms with Crippen LogP contribution >= 0.6 is 0 Å². The highest BCUT2D eigenvalue weighted by Gasteiger charge is 2.33. The van der Waals surface area contributed by atoms with Crippen LogP contribution < -0.4 is 4.74 Å². The van der Waals surface area contributed by atoms with E-state index in [1.54, 1.807) is 12.4 Å². The zero-order valence-corrected chi connectivity index (χ0v) is 10.6. The maximum atomic E-state index is 10.1. The molecule has 1 aromatic carbocycles. The van der Waals surface area contributed by atoms with Crippen LogP contribution in [-0.2, 0) is 6.54 Å². The molecule has 1 aliphatic rings. The van der Waals surface area contributed by atoms with Crippen LogP contribution in [0.25, 0.3) is 0 Å². The largest absolute Gasteiger partial charge is 0.486 e. The summed E-state index contributed by atoms with van der Waals surface area (Å²) in [7, 11) is 0. The van der Waals surface area contributed by atoms with Gasteiger partial charge in [-0.15, -0.1) is 0 Å². The van der Waals surface area contributed by atoms with Crippen molar-refractivity contribution < 1.29 is 9.84 Å². The number of para-hydroxylation sites is 1. The SMILES string of the molecule is O[C@@H]1CN(Cc2ncc[nH]2)C[C@H]1Oc1ccccc1. The van der Waals surface area contributed by atoms with Crippen molar-refractivity contribution in [1.29, 1.82) is 0 Å². The summed E-state index contributed by atoms with van der Waals surface area (Å²) < 4.78 is 5.81. The fourth-order valence-electron chi connectivity index (χ4n) is 2.35. The number of benzene rings is 1. The summed E-state index contributed by atoms with van der Waals surface area (Å²) >= 11 is 0. The Hall–Kier alpha value is -1.85. The van der Waals surface area contributed by atoms with E-state index in [-0.39, 0.29) is 6.10 Å². The molecule has 5 nitrogen and oxygen atoms in total. The van der Waals surface area contributed by atoms with Crippen molar-refractivity contribution in [3.63, 3.8) is 0 Å². The van der Waals surface area contributed by atoms with Crippen LogP contribution in [0.3, 0.4) is 0 Å². The minimum absolute atomic E-state index is 0.183. The number of H-pyrrole nitrogens is 1. The lowest BCUT2D eigenvalue weighted by molar-refractivity contribution is 0.0737. The van der Waals surface area contributed by atoms with Crippen LogP contribution in [0.4, 0.5) is 0 Å². The van der Waals surface area contributed by atoms with E-state index >= 15 is 0 Å². The first-order chi connectivity index (χ1) is 9.31. The number of nitrogens with zero attached hydrogens (tertiary/aromatic N) is 2. The number of aromatic amines is 1. The zero-order chi connectivity index (χ0) is 13.1. The second-order valence-corrected chi connectivity index (χ2v) is 4.77. The highest BCUT2D eigenvalue weighted by molar-refractivity contribution is 5.21. The molecule has 0 saturated carbocycles. The van der Waals surface area contributed by atoms with Gasteiger partial charge in [0.1, 0.15) is 23.8 Å². The van der Waals surface area contributed by atoms with E-state index in [4.69, 9.17) is 4.74 Å². The summed E-state index contributed by atoms with van der Waals surface area (Å²) in [5, 5.41) is 10.1. The summed E-state index contributed by atoms with van der Waals surface area (Å²) in [5.41, 5.74) is 0. The third-order valence-corrected chi connectivity index (χ3v) is 3.27. The summed E-state index contributed by atoms with van der Waals surface area (Å²) in [6, 6.07) is 9.61. The molecule has 3 rings (SSSR count). The first kappa shape index (κ1) is 12.2. The predicted molar refractivity (Wildman–Crippen MR) is 70.7 cm³/mol. The number of hydrogen-bond donors (Lipinski definition) is 2. The van der Waals surface area contributed by atoms with E-state index in [9.17, 15) is 5.11 Å². The lowest BCUT2D eigenvalue weighted by atomic mass is 10.2. The Labute approximate surface area is 111 Å². The number of aliphatic hydroxyl groups is 1. The van der Waals surface area contributed by atoms with E-state index in [0.717, 1.165) is 11.6 Å². The number of β-amino-alcohol motifs (C(OH)–C–C–N with tert-alkyl or cyclic N) is 1. The molecule has 100 valence electrons. The van der Waals surface area contributed by atoms with Crippen LogP contribution in [-0.4, -0.2) is 45.3 Å². The average Bonchev–Trinajstić information content (AvgIpc) is 3.02. The standard InChI is InChI=1S/C14H17N3O2/c18-12-8-17(10-14-15-6-7-16-14)9-13(12)19-11-4-2-1-3-5-11/h1-7,12-13,18H,8-10H2,(H,15,16)/t12-,13-/m1/s1. The Kier molecular flexibility index (Phi) is 3.48. The van der Waals surface area contributed by atoms with Gasteiger partial charge in [-0.2, -0.15) is 0 Å². The number of likely N-dealkylation sites (tertiary alicyclic amines) is 1. The fourth-order valence-corrected chi connectivity index (χ4v) is 2.35. The van der Waals surface area contributed by atoms with Crippen LogP contribution in [0.2, 0.25) is 0 Å². The van der Waals surface area contributed by atoms with Gasteiger partial charge in [-0.05, 0) is 12.1 Å². The van der Waals surface area contributed by atoms with Crippen LogP contribution in [0.15, 0.2) is 42.7 Å². The highest BCUT2D eigenvalue weighted by atomic mass is 16.5. The Morgan fingerprint density at radius 3 is 2.89 bits per heavy atom. The van der Waals surface area contributed by atoms with Gasteiger partial charge in [-0.1, -0.05) is 18.2 Å². The molecule has 2 N–H and O–H groups in total. The van der Waals surface area contributed by atoms with Crippen molar-refractivity contribution in [2.24, 2.45) is 0 Å². The van der Waals surface area contributed by atoms with Gasteiger partial charge >= 0.3 is 0 Å². The summed E-state index contributed by atoms with van der Waals surface area (Å²) in [5.74, 6) is 1.71. The smallest absolute Gasteiger partial charge is 0.138 e. The number of nitrogens with one attached hydrogen (secondary N) is 1. The van der Waals surface area contributed by atoms with E-state index in [2.05, 4.69) is 14.9 Å². The second kappa shape index (κ2) is 5.42. The van der Waals surface area contributed by atoms with Crippen molar-refractivity contribution in [1.82, 2.24) is 14.9 Å². The average molecular weight is 259 g/mol. The summed E-state index contributed by atoms with van der Waals surface area (Å²) in [6.45, 7) is 2.02. The van der Waals surface area contributed by atoms with Crippen molar-refractivity contribution in [2.45, 2.75) is 18.8 Å². The minimum Gasteiger partial charge on any atom is -0.486 e. The molecule has 0 radical (unpaired) electrons.